The lowest BCUT2D eigenvalue weighted by Gasteiger charge is -2.19. The number of carbonyl (C=O) groups excluding carboxylic acids is 1. The van der Waals surface area contributed by atoms with Crippen molar-refractivity contribution in [2.75, 3.05) is 26.3 Å². The summed E-state index contributed by atoms with van der Waals surface area (Å²) < 4.78 is 0. The first kappa shape index (κ1) is 12.8. The zero-order chi connectivity index (χ0) is 12.0. The summed E-state index contributed by atoms with van der Waals surface area (Å²) in [6.07, 6.45) is 2.61. The first-order valence-corrected chi connectivity index (χ1v) is 5.05. The first-order valence-electron chi connectivity index (χ1n) is 4.67. The molecular weight excluding hydrogens is 234 g/mol. The Morgan fingerprint density at radius 3 is 2.44 bits per heavy atom. The second-order valence-corrected chi connectivity index (χ2v) is 3.35. The van der Waals surface area contributed by atoms with Crippen LogP contribution < -0.4 is 0 Å². The summed E-state index contributed by atoms with van der Waals surface area (Å²) in [7, 11) is 0. The lowest BCUT2D eigenvalue weighted by atomic mass is 10.3. The monoisotopic (exact) mass is 245 g/mol. The Hall–Kier alpha value is -1.24. The van der Waals surface area contributed by atoms with Crippen molar-refractivity contribution < 1.29 is 15.0 Å². The van der Waals surface area contributed by atoms with Crippen LogP contribution >= 0.6 is 11.6 Å². The SMILES string of the molecule is O=C(c1cncc(Cl)n1)N(CCO)CCO. The smallest absolute Gasteiger partial charge is 0.274 e. The van der Waals surface area contributed by atoms with Crippen molar-refractivity contribution in [3.8, 4) is 0 Å². The zero-order valence-electron chi connectivity index (χ0n) is 8.51. The Morgan fingerprint density at radius 1 is 1.31 bits per heavy atom. The van der Waals surface area contributed by atoms with E-state index >= 15 is 0 Å². The third-order valence-corrected chi connectivity index (χ3v) is 2.03. The van der Waals surface area contributed by atoms with Crippen molar-refractivity contribution in [3.63, 3.8) is 0 Å². The van der Waals surface area contributed by atoms with E-state index in [4.69, 9.17) is 21.8 Å². The largest absolute Gasteiger partial charge is 0.395 e. The van der Waals surface area contributed by atoms with Crippen molar-refractivity contribution >= 4 is 17.5 Å². The summed E-state index contributed by atoms with van der Waals surface area (Å²) in [5.41, 5.74) is 0.0920. The van der Waals surface area contributed by atoms with Gasteiger partial charge < -0.3 is 15.1 Å². The first-order chi connectivity index (χ1) is 7.69. The van der Waals surface area contributed by atoms with Gasteiger partial charge in [0.1, 0.15) is 10.8 Å². The zero-order valence-corrected chi connectivity index (χ0v) is 9.26. The van der Waals surface area contributed by atoms with E-state index in [9.17, 15) is 4.79 Å². The molecule has 0 saturated carbocycles. The van der Waals surface area contributed by atoms with Gasteiger partial charge in [0.15, 0.2) is 0 Å². The predicted molar refractivity (Wildman–Crippen MR) is 57.1 cm³/mol. The Labute approximate surface area is 97.5 Å². The van der Waals surface area contributed by atoms with Crippen LogP contribution in [0, 0.1) is 0 Å². The summed E-state index contributed by atoms with van der Waals surface area (Å²) in [4.78, 5) is 20.6. The van der Waals surface area contributed by atoms with E-state index in [0.717, 1.165) is 0 Å². The fourth-order valence-electron chi connectivity index (χ4n) is 1.16. The highest BCUT2D eigenvalue weighted by Crippen LogP contribution is 2.05. The van der Waals surface area contributed by atoms with Gasteiger partial charge >= 0.3 is 0 Å². The normalized spacial score (nSPS) is 10.2. The molecule has 1 aromatic heterocycles. The van der Waals surface area contributed by atoms with Gasteiger partial charge in [-0.3, -0.25) is 9.78 Å². The molecule has 0 spiro atoms. The number of aliphatic hydroxyl groups is 2. The van der Waals surface area contributed by atoms with Crippen LogP contribution in [0.4, 0.5) is 0 Å². The van der Waals surface area contributed by atoms with E-state index in [1.54, 1.807) is 0 Å². The van der Waals surface area contributed by atoms with Crippen molar-refractivity contribution in [3.05, 3.63) is 23.2 Å². The van der Waals surface area contributed by atoms with Gasteiger partial charge in [-0.2, -0.15) is 0 Å². The molecule has 1 amide bonds. The number of hydrogen-bond donors (Lipinski definition) is 2. The average Bonchev–Trinajstić information content (AvgIpc) is 2.28. The second kappa shape index (κ2) is 6.37. The van der Waals surface area contributed by atoms with Crippen molar-refractivity contribution in [1.29, 1.82) is 0 Å². The quantitative estimate of drug-likeness (QED) is 0.734. The minimum Gasteiger partial charge on any atom is -0.395 e. The van der Waals surface area contributed by atoms with E-state index in [-0.39, 0.29) is 37.2 Å². The maximum atomic E-state index is 11.8. The summed E-state index contributed by atoms with van der Waals surface area (Å²) >= 11 is 5.60. The fraction of sp³-hybridized carbons (Fsp3) is 0.444. The molecule has 1 aromatic rings. The molecule has 0 fully saturated rings. The molecular formula is C9H12ClN3O3. The third-order valence-electron chi connectivity index (χ3n) is 1.85. The van der Waals surface area contributed by atoms with Gasteiger partial charge in [-0.05, 0) is 0 Å². The number of hydrogen-bond acceptors (Lipinski definition) is 5. The van der Waals surface area contributed by atoms with E-state index in [1.165, 1.54) is 17.3 Å². The standard InChI is InChI=1S/C9H12ClN3O3/c10-8-6-11-5-7(12-8)9(16)13(1-3-14)2-4-15/h5-6,14-15H,1-4H2. The summed E-state index contributed by atoms with van der Waals surface area (Å²) in [6, 6.07) is 0. The van der Waals surface area contributed by atoms with Gasteiger partial charge in [0.2, 0.25) is 0 Å². The number of halogens is 1. The maximum Gasteiger partial charge on any atom is 0.274 e. The molecule has 16 heavy (non-hydrogen) atoms. The molecule has 0 atom stereocenters. The van der Waals surface area contributed by atoms with E-state index in [0.29, 0.717) is 0 Å². The molecule has 0 aliphatic heterocycles. The van der Waals surface area contributed by atoms with Crippen LogP contribution in [0.25, 0.3) is 0 Å². The molecule has 1 rings (SSSR count). The van der Waals surface area contributed by atoms with Crippen LogP contribution in [-0.4, -0.2) is 57.3 Å². The molecule has 1 heterocycles. The van der Waals surface area contributed by atoms with E-state index in [2.05, 4.69) is 9.97 Å². The Bertz CT molecular complexity index is 356. The minimum absolute atomic E-state index is 0.0920. The van der Waals surface area contributed by atoms with Gasteiger partial charge in [-0.1, -0.05) is 11.6 Å². The predicted octanol–water partition coefficient (Wildman–Crippen LogP) is -0.443. The number of nitrogens with zero attached hydrogens (tertiary/aromatic N) is 3. The minimum atomic E-state index is -0.418. The number of amides is 1. The molecule has 0 saturated heterocycles. The van der Waals surface area contributed by atoms with E-state index in [1.807, 2.05) is 0 Å². The fourth-order valence-corrected chi connectivity index (χ4v) is 1.31. The van der Waals surface area contributed by atoms with Crippen LogP contribution in [-0.2, 0) is 0 Å². The second-order valence-electron chi connectivity index (χ2n) is 2.97. The number of rotatable bonds is 5. The van der Waals surface area contributed by atoms with Gasteiger partial charge in [0.05, 0.1) is 25.6 Å². The molecule has 7 heteroatoms. The molecule has 0 unspecified atom stereocenters. The topological polar surface area (TPSA) is 86.6 Å². The Balaban J connectivity index is 2.81. The highest BCUT2D eigenvalue weighted by atomic mass is 35.5. The van der Waals surface area contributed by atoms with Crippen LogP contribution in [0.5, 0.6) is 0 Å². The van der Waals surface area contributed by atoms with Crippen LogP contribution in [0.2, 0.25) is 5.15 Å². The highest BCUT2D eigenvalue weighted by Gasteiger charge is 2.16. The summed E-state index contributed by atoms with van der Waals surface area (Å²) in [6.45, 7) is -0.0966. The molecule has 0 aliphatic carbocycles. The molecule has 0 aromatic carbocycles. The summed E-state index contributed by atoms with van der Waals surface area (Å²) in [5.74, 6) is -0.418. The molecule has 88 valence electrons. The molecule has 0 aliphatic rings. The Morgan fingerprint density at radius 2 is 1.94 bits per heavy atom. The van der Waals surface area contributed by atoms with Gasteiger partial charge in [0, 0.05) is 13.1 Å². The molecule has 0 radical (unpaired) electrons. The maximum absolute atomic E-state index is 11.8. The third kappa shape index (κ3) is 3.41. The van der Waals surface area contributed by atoms with Crippen LogP contribution in [0.3, 0.4) is 0 Å². The van der Waals surface area contributed by atoms with Crippen molar-refractivity contribution in [1.82, 2.24) is 14.9 Å². The number of aromatic nitrogens is 2. The molecule has 0 bridgehead atoms. The van der Waals surface area contributed by atoms with Gasteiger partial charge in [-0.25, -0.2) is 4.98 Å². The number of carbonyl (C=O) groups is 1. The van der Waals surface area contributed by atoms with Crippen molar-refractivity contribution in [2.45, 2.75) is 0 Å². The van der Waals surface area contributed by atoms with Crippen LogP contribution in [0.1, 0.15) is 10.5 Å². The van der Waals surface area contributed by atoms with E-state index < -0.39 is 5.91 Å². The molecule has 2 N–H and O–H groups in total. The van der Waals surface area contributed by atoms with Crippen molar-refractivity contribution in [2.24, 2.45) is 0 Å². The lowest BCUT2D eigenvalue weighted by Crippen LogP contribution is -2.36. The number of aliphatic hydroxyl groups excluding tert-OH is 2. The lowest BCUT2D eigenvalue weighted by molar-refractivity contribution is 0.0678. The summed E-state index contributed by atoms with van der Waals surface area (Å²) in [5, 5.41) is 17.7. The highest BCUT2D eigenvalue weighted by molar-refractivity contribution is 6.29. The van der Waals surface area contributed by atoms with Crippen LogP contribution in [0.15, 0.2) is 12.4 Å². The van der Waals surface area contributed by atoms with Gasteiger partial charge in [0.25, 0.3) is 5.91 Å². The van der Waals surface area contributed by atoms with Gasteiger partial charge in [-0.15, -0.1) is 0 Å². The Kier molecular flexibility index (Phi) is 5.10. The average molecular weight is 246 g/mol. The molecule has 6 nitrogen and oxygen atoms in total.